The first kappa shape index (κ1) is 20.5. The van der Waals surface area contributed by atoms with Gasteiger partial charge in [0, 0.05) is 12.2 Å². The Morgan fingerprint density at radius 3 is 2.46 bits per heavy atom. The molecule has 0 fully saturated rings. The molecule has 0 aliphatic rings. The van der Waals surface area contributed by atoms with Crippen molar-refractivity contribution in [3.05, 3.63) is 54.0 Å². The third-order valence-corrected chi connectivity index (χ3v) is 4.74. The van der Waals surface area contributed by atoms with E-state index in [2.05, 4.69) is 60.3 Å². The molecule has 0 unspecified atom stereocenters. The monoisotopic (exact) mass is 373 g/mol. The maximum absolute atomic E-state index is 5.67. The van der Waals surface area contributed by atoms with E-state index in [9.17, 15) is 0 Å². The topological polar surface area (TPSA) is 31.6 Å². The number of unbranched alkanes of at least 4 members (excludes halogenated alkanes) is 1. The average Bonchev–Trinajstić information content (AvgIpc) is 3.14. The molecule has 1 N–H and O–H groups in total. The van der Waals surface area contributed by atoms with Crippen LogP contribution in [0.25, 0.3) is 0 Å². The number of nitrogens with one attached hydrogen (secondary N) is 1. The number of anilines is 1. The number of hydrogen-bond donors (Lipinski definition) is 1. The maximum Gasteiger partial charge on any atom is 0.173 e. The Balaban J connectivity index is 1.91. The molecule has 0 aliphatic carbocycles. The quantitative estimate of drug-likeness (QED) is 0.598. The van der Waals surface area contributed by atoms with Crippen molar-refractivity contribution in [1.29, 1.82) is 0 Å². The second-order valence-corrected chi connectivity index (χ2v) is 7.19. The molecule has 2 rings (SSSR count). The second kappa shape index (κ2) is 11.0. The van der Waals surface area contributed by atoms with Gasteiger partial charge in [-0.05, 0) is 76.4 Å². The van der Waals surface area contributed by atoms with Crippen molar-refractivity contribution in [2.45, 2.75) is 39.7 Å². The van der Waals surface area contributed by atoms with Crippen LogP contribution in [-0.4, -0.2) is 41.6 Å². The highest BCUT2D eigenvalue weighted by Gasteiger charge is 2.12. The van der Waals surface area contributed by atoms with Crippen LogP contribution in [0.5, 0.6) is 0 Å². The second-order valence-electron chi connectivity index (χ2n) is 6.81. The zero-order chi connectivity index (χ0) is 18.8. The highest BCUT2D eigenvalue weighted by atomic mass is 32.1. The Kier molecular flexibility index (Phi) is 8.65. The van der Waals surface area contributed by atoms with E-state index in [1.807, 2.05) is 12.1 Å². The summed E-state index contributed by atoms with van der Waals surface area (Å²) in [5.41, 5.74) is 2.26. The van der Waals surface area contributed by atoms with Crippen LogP contribution in [-0.2, 0) is 6.54 Å². The van der Waals surface area contributed by atoms with E-state index in [1.165, 1.54) is 18.4 Å². The fourth-order valence-corrected chi connectivity index (χ4v) is 3.03. The third-order valence-electron chi connectivity index (χ3n) is 4.38. The van der Waals surface area contributed by atoms with E-state index in [1.54, 1.807) is 6.26 Å². The van der Waals surface area contributed by atoms with Gasteiger partial charge < -0.3 is 19.5 Å². The van der Waals surface area contributed by atoms with Gasteiger partial charge in [-0.2, -0.15) is 0 Å². The molecule has 0 aliphatic heterocycles. The smallest absolute Gasteiger partial charge is 0.173 e. The van der Waals surface area contributed by atoms with Gasteiger partial charge in [0.1, 0.15) is 5.76 Å². The van der Waals surface area contributed by atoms with E-state index < -0.39 is 0 Å². The summed E-state index contributed by atoms with van der Waals surface area (Å²) in [4.78, 5) is 4.58. The first-order valence-corrected chi connectivity index (χ1v) is 9.83. The Morgan fingerprint density at radius 2 is 1.81 bits per heavy atom. The minimum Gasteiger partial charge on any atom is -0.467 e. The molecular weight excluding hydrogens is 342 g/mol. The van der Waals surface area contributed by atoms with Crippen molar-refractivity contribution in [2.75, 3.05) is 32.0 Å². The minimum atomic E-state index is 0.684. The molecular formula is C21H31N3OS. The molecule has 2 aromatic rings. The van der Waals surface area contributed by atoms with E-state index in [-0.39, 0.29) is 0 Å². The summed E-state index contributed by atoms with van der Waals surface area (Å²) in [5.74, 6) is 0.928. The SMILES string of the molecule is CCCCN(C)CCCN(Cc1ccco1)C(=S)Nc1ccc(C)cc1. The molecule has 0 amide bonds. The molecule has 0 saturated heterocycles. The van der Waals surface area contributed by atoms with Gasteiger partial charge in [-0.25, -0.2) is 0 Å². The zero-order valence-corrected chi connectivity index (χ0v) is 17.0. The van der Waals surface area contributed by atoms with Crippen LogP contribution in [0, 0.1) is 6.92 Å². The van der Waals surface area contributed by atoms with Gasteiger partial charge in [-0.3, -0.25) is 0 Å². The summed E-state index contributed by atoms with van der Waals surface area (Å²) < 4.78 is 5.52. The number of rotatable bonds is 10. The molecule has 1 aromatic carbocycles. The van der Waals surface area contributed by atoms with E-state index in [0.717, 1.165) is 42.6 Å². The molecule has 142 valence electrons. The molecule has 1 heterocycles. The van der Waals surface area contributed by atoms with Crippen LogP contribution < -0.4 is 5.32 Å². The highest BCUT2D eigenvalue weighted by molar-refractivity contribution is 7.80. The average molecular weight is 374 g/mol. The maximum atomic E-state index is 5.67. The number of aryl methyl sites for hydroxylation is 1. The van der Waals surface area contributed by atoms with Gasteiger partial charge >= 0.3 is 0 Å². The highest BCUT2D eigenvalue weighted by Crippen LogP contribution is 2.12. The predicted octanol–water partition coefficient (Wildman–Crippen LogP) is 4.91. The largest absolute Gasteiger partial charge is 0.467 e. The molecule has 0 saturated carbocycles. The standard InChI is InChI=1S/C21H31N3OS/c1-4-5-13-23(3)14-7-15-24(17-20-8-6-16-25-20)21(26)22-19-11-9-18(2)10-12-19/h6,8-12,16H,4-5,7,13-15,17H2,1-3H3,(H,22,26). The first-order chi connectivity index (χ1) is 12.6. The molecule has 0 atom stereocenters. The zero-order valence-electron chi connectivity index (χ0n) is 16.2. The number of hydrogen-bond acceptors (Lipinski definition) is 3. The van der Waals surface area contributed by atoms with E-state index >= 15 is 0 Å². The fourth-order valence-electron chi connectivity index (χ4n) is 2.75. The summed E-state index contributed by atoms with van der Waals surface area (Å²) in [7, 11) is 2.19. The lowest BCUT2D eigenvalue weighted by atomic mass is 10.2. The molecule has 26 heavy (non-hydrogen) atoms. The summed E-state index contributed by atoms with van der Waals surface area (Å²) in [6, 6.07) is 12.2. The molecule has 0 bridgehead atoms. The normalized spacial score (nSPS) is 10.9. The summed E-state index contributed by atoms with van der Waals surface area (Å²) in [6.07, 6.45) is 5.26. The van der Waals surface area contributed by atoms with Crippen molar-refractivity contribution in [2.24, 2.45) is 0 Å². The summed E-state index contributed by atoms with van der Waals surface area (Å²) in [5, 5.41) is 4.09. The molecule has 5 heteroatoms. The molecule has 1 aromatic heterocycles. The van der Waals surface area contributed by atoms with Crippen LogP contribution in [0.3, 0.4) is 0 Å². The Labute approximate surface area is 163 Å². The summed E-state index contributed by atoms with van der Waals surface area (Å²) >= 11 is 5.67. The number of thiocarbonyl (C=S) groups is 1. The van der Waals surface area contributed by atoms with Gasteiger partial charge in [-0.15, -0.1) is 0 Å². The predicted molar refractivity (Wildman–Crippen MR) is 114 cm³/mol. The van der Waals surface area contributed by atoms with Crippen molar-refractivity contribution >= 4 is 23.0 Å². The molecule has 4 nitrogen and oxygen atoms in total. The lowest BCUT2D eigenvalue weighted by Crippen LogP contribution is -2.36. The Morgan fingerprint density at radius 1 is 1.08 bits per heavy atom. The Bertz CT molecular complexity index is 640. The van der Waals surface area contributed by atoms with Gasteiger partial charge in [0.15, 0.2) is 5.11 Å². The van der Waals surface area contributed by atoms with Crippen LogP contribution in [0.15, 0.2) is 47.1 Å². The lowest BCUT2D eigenvalue weighted by molar-refractivity contribution is 0.293. The number of furan rings is 1. The lowest BCUT2D eigenvalue weighted by Gasteiger charge is -2.26. The number of benzene rings is 1. The van der Waals surface area contributed by atoms with E-state index in [4.69, 9.17) is 16.6 Å². The summed E-state index contributed by atoms with van der Waals surface area (Å²) in [6.45, 7) is 8.12. The van der Waals surface area contributed by atoms with Gasteiger partial charge in [-0.1, -0.05) is 31.0 Å². The Hall–Kier alpha value is -1.85. The molecule has 0 spiro atoms. The van der Waals surface area contributed by atoms with Crippen molar-refractivity contribution in [3.8, 4) is 0 Å². The van der Waals surface area contributed by atoms with E-state index in [0.29, 0.717) is 6.54 Å². The fraction of sp³-hybridized carbons (Fsp3) is 0.476. The van der Waals surface area contributed by atoms with Gasteiger partial charge in [0.25, 0.3) is 0 Å². The van der Waals surface area contributed by atoms with Crippen LogP contribution in [0.4, 0.5) is 5.69 Å². The van der Waals surface area contributed by atoms with Crippen LogP contribution >= 0.6 is 12.2 Å². The molecule has 0 radical (unpaired) electrons. The van der Waals surface area contributed by atoms with Gasteiger partial charge in [0.05, 0.1) is 12.8 Å². The third kappa shape index (κ3) is 7.18. The first-order valence-electron chi connectivity index (χ1n) is 9.42. The minimum absolute atomic E-state index is 0.684. The van der Waals surface area contributed by atoms with Crippen molar-refractivity contribution in [1.82, 2.24) is 9.80 Å². The van der Waals surface area contributed by atoms with Crippen LogP contribution in [0.1, 0.15) is 37.5 Å². The van der Waals surface area contributed by atoms with Crippen LogP contribution in [0.2, 0.25) is 0 Å². The van der Waals surface area contributed by atoms with Crippen molar-refractivity contribution < 1.29 is 4.42 Å². The van der Waals surface area contributed by atoms with Gasteiger partial charge in [0.2, 0.25) is 0 Å². The van der Waals surface area contributed by atoms with Crippen molar-refractivity contribution in [3.63, 3.8) is 0 Å². The number of nitrogens with zero attached hydrogens (tertiary/aromatic N) is 2.